The first kappa shape index (κ1) is 11.2. The van der Waals surface area contributed by atoms with E-state index in [1.165, 1.54) is 11.1 Å². The number of nitrogens with zero attached hydrogens (tertiary/aromatic N) is 1. The van der Waals surface area contributed by atoms with Crippen LogP contribution in [0.2, 0.25) is 0 Å². The summed E-state index contributed by atoms with van der Waals surface area (Å²) in [5.74, 6) is 0.668. The van der Waals surface area contributed by atoms with Gasteiger partial charge in [-0.1, -0.05) is 61.6 Å². The topological polar surface area (TPSA) is 3.24 Å². The first-order valence-corrected chi connectivity index (χ1v) is 5.87. The molecule has 0 spiro atoms. The monoisotopic (exact) mass is 213 g/mol. The van der Waals surface area contributed by atoms with Crippen molar-refractivity contribution in [2.24, 2.45) is 5.92 Å². The van der Waals surface area contributed by atoms with Crippen molar-refractivity contribution in [2.75, 3.05) is 13.1 Å². The zero-order valence-corrected chi connectivity index (χ0v) is 9.89. The van der Waals surface area contributed by atoms with Gasteiger partial charge in [0.2, 0.25) is 0 Å². The third kappa shape index (κ3) is 2.61. The number of hydrogen-bond donors (Lipinski definition) is 0. The maximum absolute atomic E-state index is 3.77. The molecule has 0 bridgehead atoms. The van der Waals surface area contributed by atoms with Gasteiger partial charge in [0, 0.05) is 19.6 Å². The maximum atomic E-state index is 3.77. The van der Waals surface area contributed by atoms with Crippen LogP contribution in [-0.2, 0) is 6.54 Å². The minimum absolute atomic E-state index is 0.668. The Morgan fingerprint density at radius 3 is 2.81 bits per heavy atom. The molecule has 1 aliphatic heterocycles. The molecule has 84 valence electrons. The summed E-state index contributed by atoms with van der Waals surface area (Å²) in [6.45, 7) is 9.37. The summed E-state index contributed by atoms with van der Waals surface area (Å²) in [6, 6.07) is 10.7. The first-order valence-electron chi connectivity index (χ1n) is 5.87. The molecule has 16 heavy (non-hydrogen) atoms. The fraction of sp³-hybridized carbons (Fsp3) is 0.333. The molecule has 1 heterocycles. The zero-order chi connectivity index (χ0) is 11.4. The molecule has 1 aliphatic rings. The standard InChI is InChI=1S/C15H19N/c1-3-7-15-12-16(10-13(15)2)11-14-8-5-4-6-9-14/h3-9,13H,1,10-12H2,2H3/b15-7+. The van der Waals surface area contributed by atoms with E-state index < -0.39 is 0 Å². The summed E-state index contributed by atoms with van der Waals surface area (Å²) >= 11 is 0. The predicted octanol–water partition coefficient (Wildman–Crippen LogP) is 3.25. The van der Waals surface area contributed by atoms with Gasteiger partial charge in [-0.25, -0.2) is 0 Å². The van der Waals surface area contributed by atoms with Gasteiger partial charge in [0.1, 0.15) is 0 Å². The third-order valence-electron chi connectivity index (χ3n) is 3.15. The Bertz CT molecular complexity index is 378. The summed E-state index contributed by atoms with van der Waals surface area (Å²) < 4.78 is 0. The second-order valence-electron chi connectivity index (χ2n) is 4.53. The van der Waals surface area contributed by atoms with E-state index in [1.807, 2.05) is 6.08 Å². The first-order chi connectivity index (χ1) is 7.79. The molecule has 1 saturated heterocycles. The van der Waals surface area contributed by atoms with Gasteiger partial charge in [0.05, 0.1) is 0 Å². The van der Waals surface area contributed by atoms with Crippen molar-refractivity contribution in [2.45, 2.75) is 13.5 Å². The van der Waals surface area contributed by atoms with E-state index in [0.717, 1.165) is 19.6 Å². The van der Waals surface area contributed by atoms with Crippen molar-refractivity contribution in [3.8, 4) is 0 Å². The highest BCUT2D eigenvalue weighted by atomic mass is 15.1. The van der Waals surface area contributed by atoms with Crippen LogP contribution in [0.25, 0.3) is 0 Å². The second kappa shape index (κ2) is 5.13. The Morgan fingerprint density at radius 1 is 1.38 bits per heavy atom. The van der Waals surface area contributed by atoms with Crippen LogP contribution in [0.1, 0.15) is 12.5 Å². The van der Waals surface area contributed by atoms with Crippen molar-refractivity contribution in [3.05, 3.63) is 60.2 Å². The minimum atomic E-state index is 0.668. The molecular weight excluding hydrogens is 194 g/mol. The van der Waals surface area contributed by atoms with Crippen LogP contribution >= 0.6 is 0 Å². The van der Waals surface area contributed by atoms with E-state index in [1.54, 1.807) is 0 Å². The fourth-order valence-corrected chi connectivity index (χ4v) is 2.31. The summed E-state index contributed by atoms with van der Waals surface area (Å²) in [4.78, 5) is 2.50. The molecular formula is C15H19N. The number of allylic oxidation sites excluding steroid dienone is 2. The second-order valence-corrected chi connectivity index (χ2v) is 4.53. The highest BCUT2D eigenvalue weighted by Gasteiger charge is 2.22. The van der Waals surface area contributed by atoms with Gasteiger partial charge >= 0.3 is 0 Å². The minimum Gasteiger partial charge on any atom is -0.295 e. The molecule has 0 amide bonds. The van der Waals surface area contributed by atoms with Crippen LogP contribution in [0.5, 0.6) is 0 Å². The van der Waals surface area contributed by atoms with Crippen LogP contribution < -0.4 is 0 Å². The molecule has 1 aromatic carbocycles. The highest BCUT2D eigenvalue weighted by Crippen LogP contribution is 2.23. The number of rotatable bonds is 3. The van der Waals surface area contributed by atoms with Gasteiger partial charge in [-0.2, -0.15) is 0 Å². The quantitative estimate of drug-likeness (QED) is 0.745. The lowest BCUT2D eigenvalue weighted by molar-refractivity contribution is 0.322. The van der Waals surface area contributed by atoms with Gasteiger partial charge in [-0.3, -0.25) is 4.90 Å². The maximum Gasteiger partial charge on any atom is 0.0237 e. The average Bonchev–Trinajstić information content (AvgIpc) is 2.61. The summed E-state index contributed by atoms with van der Waals surface area (Å²) in [5.41, 5.74) is 2.90. The van der Waals surface area contributed by atoms with E-state index in [2.05, 4.69) is 54.8 Å². The Morgan fingerprint density at radius 2 is 2.12 bits per heavy atom. The molecule has 1 atom stereocenters. The van der Waals surface area contributed by atoms with Crippen molar-refractivity contribution >= 4 is 0 Å². The van der Waals surface area contributed by atoms with Crippen LogP contribution in [0.15, 0.2) is 54.6 Å². The SMILES string of the molecule is C=C/C=C1\CN(Cc2ccccc2)CC1C. The van der Waals surface area contributed by atoms with Gasteiger partial charge in [0.15, 0.2) is 0 Å². The van der Waals surface area contributed by atoms with Crippen molar-refractivity contribution in [1.29, 1.82) is 0 Å². The van der Waals surface area contributed by atoms with Crippen molar-refractivity contribution < 1.29 is 0 Å². The van der Waals surface area contributed by atoms with Crippen molar-refractivity contribution in [1.82, 2.24) is 4.90 Å². The largest absolute Gasteiger partial charge is 0.295 e. The van der Waals surface area contributed by atoms with Crippen LogP contribution in [0.4, 0.5) is 0 Å². The number of likely N-dealkylation sites (tertiary alicyclic amines) is 1. The molecule has 0 aromatic heterocycles. The Kier molecular flexibility index (Phi) is 3.58. The van der Waals surface area contributed by atoms with E-state index in [0.29, 0.717) is 5.92 Å². The van der Waals surface area contributed by atoms with E-state index in [-0.39, 0.29) is 0 Å². The summed E-state index contributed by atoms with van der Waals surface area (Å²) in [6.07, 6.45) is 4.06. The van der Waals surface area contributed by atoms with Gasteiger partial charge in [0.25, 0.3) is 0 Å². The van der Waals surface area contributed by atoms with Gasteiger partial charge in [-0.05, 0) is 11.5 Å². The van der Waals surface area contributed by atoms with Gasteiger partial charge < -0.3 is 0 Å². The van der Waals surface area contributed by atoms with Crippen LogP contribution in [0.3, 0.4) is 0 Å². The lowest BCUT2D eigenvalue weighted by Gasteiger charge is -2.14. The van der Waals surface area contributed by atoms with Gasteiger partial charge in [-0.15, -0.1) is 0 Å². The molecule has 1 fully saturated rings. The van der Waals surface area contributed by atoms with Crippen molar-refractivity contribution in [3.63, 3.8) is 0 Å². The summed E-state index contributed by atoms with van der Waals surface area (Å²) in [7, 11) is 0. The zero-order valence-electron chi connectivity index (χ0n) is 9.89. The molecule has 0 aliphatic carbocycles. The number of benzene rings is 1. The molecule has 2 rings (SSSR count). The van der Waals surface area contributed by atoms with E-state index >= 15 is 0 Å². The lowest BCUT2D eigenvalue weighted by atomic mass is 10.1. The van der Waals surface area contributed by atoms with Crippen LogP contribution in [0, 0.1) is 5.92 Å². The fourth-order valence-electron chi connectivity index (χ4n) is 2.31. The smallest absolute Gasteiger partial charge is 0.0237 e. The molecule has 1 nitrogen and oxygen atoms in total. The average molecular weight is 213 g/mol. The van der Waals surface area contributed by atoms with Crippen LogP contribution in [-0.4, -0.2) is 18.0 Å². The Balaban J connectivity index is 1.99. The molecule has 0 N–H and O–H groups in total. The molecule has 1 aromatic rings. The third-order valence-corrected chi connectivity index (χ3v) is 3.15. The Hall–Kier alpha value is -1.34. The summed E-state index contributed by atoms with van der Waals surface area (Å²) in [5, 5.41) is 0. The molecule has 0 radical (unpaired) electrons. The van der Waals surface area contributed by atoms with E-state index in [4.69, 9.17) is 0 Å². The normalized spacial score (nSPS) is 23.8. The highest BCUT2D eigenvalue weighted by molar-refractivity contribution is 5.21. The van der Waals surface area contributed by atoms with E-state index in [9.17, 15) is 0 Å². The molecule has 0 saturated carbocycles. The predicted molar refractivity (Wildman–Crippen MR) is 69.2 cm³/mol. The Labute approximate surface area is 98.1 Å². The molecule has 1 unspecified atom stereocenters. The molecule has 1 heteroatoms. The lowest BCUT2D eigenvalue weighted by Crippen LogP contribution is -2.19. The number of hydrogen-bond acceptors (Lipinski definition) is 1.